The molecule has 4 nitrogen and oxygen atoms in total. The van der Waals surface area contributed by atoms with E-state index in [1.165, 1.54) is 0 Å². The summed E-state index contributed by atoms with van der Waals surface area (Å²) < 4.78 is 0. The molecule has 0 aliphatic rings. The van der Waals surface area contributed by atoms with E-state index in [1.807, 2.05) is 0 Å². The molecule has 2 aromatic carbocycles. The van der Waals surface area contributed by atoms with Crippen LogP contribution in [0.4, 0.5) is 0 Å². The zero-order valence-electron chi connectivity index (χ0n) is 27.2. The monoisotopic (exact) mass is 540 g/mol. The Morgan fingerprint density at radius 2 is 0.744 bits per heavy atom. The number of aliphatic hydroxyl groups excluding tert-OH is 3. The predicted molar refractivity (Wildman–Crippen MR) is 164 cm³/mol. The third kappa shape index (κ3) is 5.73. The summed E-state index contributed by atoms with van der Waals surface area (Å²) in [6.07, 6.45) is 0. The standard InChI is InChI=1S/C35H56O4/c1-22-15-17-24(30(3,4)5)28(26(22)32(9,10)11)35(39,34(19-36,20-37)21-38)29-25(31(6,7)8)18-16-23(2)27(29)33(12,13)14/h15-18,36-39H,19-21H2,1-14H3. The van der Waals surface area contributed by atoms with Crippen LogP contribution in [0.2, 0.25) is 0 Å². The fraction of sp³-hybridized carbons (Fsp3) is 0.657. The quantitative estimate of drug-likeness (QED) is 0.329. The largest absolute Gasteiger partial charge is 0.395 e. The van der Waals surface area contributed by atoms with Gasteiger partial charge in [0.05, 0.1) is 25.2 Å². The molecule has 0 aromatic heterocycles. The van der Waals surface area contributed by atoms with Gasteiger partial charge < -0.3 is 20.4 Å². The molecular formula is C35H56O4. The van der Waals surface area contributed by atoms with Gasteiger partial charge in [0.25, 0.3) is 0 Å². The van der Waals surface area contributed by atoms with Crippen LogP contribution in [0.1, 0.15) is 128 Å². The second kappa shape index (κ2) is 10.6. The summed E-state index contributed by atoms with van der Waals surface area (Å²) in [5, 5.41) is 47.0. The van der Waals surface area contributed by atoms with Crippen LogP contribution in [0, 0.1) is 19.3 Å². The van der Waals surface area contributed by atoms with Gasteiger partial charge in [0, 0.05) is 0 Å². The Morgan fingerprint density at radius 3 is 0.949 bits per heavy atom. The summed E-state index contributed by atoms with van der Waals surface area (Å²) in [5.74, 6) is 0. The molecule has 39 heavy (non-hydrogen) atoms. The van der Waals surface area contributed by atoms with E-state index < -0.39 is 30.8 Å². The first-order chi connectivity index (χ1) is 17.5. The van der Waals surface area contributed by atoms with Gasteiger partial charge in [0.15, 0.2) is 0 Å². The lowest BCUT2D eigenvalue weighted by Gasteiger charge is -2.52. The van der Waals surface area contributed by atoms with Gasteiger partial charge in [0.2, 0.25) is 0 Å². The van der Waals surface area contributed by atoms with E-state index in [1.54, 1.807) is 0 Å². The minimum atomic E-state index is -1.93. The number of aliphatic hydroxyl groups is 4. The first kappa shape index (κ1) is 33.5. The Kier molecular flexibility index (Phi) is 9.10. The Balaban J connectivity index is 3.60. The highest BCUT2D eigenvalue weighted by molar-refractivity contribution is 5.61. The summed E-state index contributed by atoms with van der Waals surface area (Å²) in [4.78, 5) is 0. The third-order valence-electron chi connectivity index (χ3n) is 8.34. The van der Waals surface area contributed by atoms with E-state index in [0.717, 1.165) is 33.4 Å². The average molecular weight is 541 g/mol. The van der Waals surface area contributed by atoms with Crippen LogP contribution in [0.5, 0.6) is 0 Å². The maximum absolute atomic E-state index is 13.8. The second-order valence-corrected chi connectivity index (χ2v) is 15.8. The van der Waals surface area contributed by atoms with E-state index >= 15 is 0 Å². The van der Waals surface area contributed by atoms with Gasteiger partial charge in [-0.05, 0) is 80.0 Å². The number of hydrogen-bond donors (Lipinski definition) is 4. The first-order valence-corrected chi connectivity index (χ1v) is 14.3. The molecule has 0 heterocycles. The molecule has 0 fully saturated rings. The molecular weight excluding hydrogens is 484 g/mol. The first-order valence-electron chi connectivity index (χ1n) is 14.3. The Morgan fingerprint density at radius 1 is 0.462 bits per heavy atom. The normalized spacial score (nSPS) is 14.2. The molecule has 0 amide bonds. The zero-order chi connectivity index (χ0) is 30.6. The van der Waals surface area contributed by atoms with Crippen LogP contribution in [-0.2, 0) is 27.3 Å². The molecule has 0 saturated carbocycles. The lowest BCUT2D eigenvalue weighted by atomic mass is 9.56. The van der Waals surface area contributed by atoms with Crippen molar-refractivity contribution < 1.29 is 20.4 Å². The van der Waals surface area contributed by atoms with Crippen LogP contribution < -0.4 is 0 Å². The van der Waals surface area contributed by atoms with Crippen LogP contribution in [0.15, 0.2) is 24.3 Å². The highest BCUT2D eigenvalue weighted by Gasteiger charge is 2.58. The third-order valence-corrected chi connectivity index (χ3v) is 8.34. The average Bonchev–Trinajstić information content (AvgIpc) is 2.76. The van der Waals surface area contributed by atoms with Crippen molar-refractivity contribution in [1.82, 2.24) is 0 Å². The minimum Gasteiger partial charge on any atom is -0.395 e. The maximum atomic E-state index is 13.8. The van der Waals surface area contributed by atoms with E-state index in [4.69, 9.17) is 0 Å². The van der Waals surface area contributed by atoms with Crippen molar-refractivity contribution in [3.05, 3.63) is 68.8 Å². The van der Waals surface area contributed by atoms with Crippen LogP contribution >= 0.6 is 0 Å². The molecule has 0 aliphatic heterocycles. The lowest BCUT2D eigenvalue weighted by molar-refractivity contribution is -0.138. The Hall–Kier alpha value is -1.72. The van der Waals surface area contributed by atoms with Crippen molar-refractivity contribution in [2.45, 2.75) is 124 Å². The van der Waals surface area contributed by atoms with Crippen molar-refractivity contribution >= 4 is 0 Å². The van der Waals surface area contributed by atoms with E-state index in [2.05, 4.69) is 121 Å². The van der Waals surface area contributed by atoms with Crippen LogP contribution in [0.3, 0.4) is 0 Å². The van der Waals surface area contributed by atoms with Crippen molar-refractivity contribution in [3.63, 3.8) is 0 Å². The Labute approximate surface area is 238 Å². The van der Waals surface area contributed by atoms with Crippen LogP contribution in [0.25, 0.3) is 0 Å². The molecule has 2 aromatic rings. The molecule has 0 atom stereocenters. The Bertz CT molecular complexity index is 1080. The summed E-state index contributed by atoms with van der Waals surface area (Å²) in [6, 6.07) is 8.36. The number of hydrogen-bond acceptors (Lipinski definition) is 4. The SMILES string of the molecule is Cc1ccc(C(C)(C)C)c(C(O)(c2c(C(C)(C)C)ccc(C)c2C(C)(C)C)C(CO)(CO)CO)c1C(C)(C)C. The summed E-state index contributed by atoms with van der Waals surface area (Å²) in [6.45, 7) is 27.9. The zero-order valence-corrected chi connectivity index (χ0v) is 27.2. The molecule has 0 saturated heterocycles. The fourth-order valence-electron chi connectivity index (χ4n) is 6.50. The molecule has 0 unspecified atom stereocenters. The van der Waals surface area contributed by atoms with E-state index in [-0.39, 0.29) is 21.7 Å². The molecule has 2 rings (SSSR count). The molecule has 0 bridgehead atoms. The molecule has 0 aliphatic carbocycles. The van der Waals surface area contributed by atoms with Gasteiger partial charge in [-0.3, -0.25) is 0 Å². The van der Waals surface area contributed by atoms with Crippen molar-refractivity contribution in [1.29, 1.82) is 0 Å². The minimum absolute atomic E-state index is 0.378. The second-order valence-electron chi connectivity index (χ2n) is 15.8. The molecule has 4 heteroatoms. The summed E-state index contributed by atoms with van der Waals surface area (Å²) >= 11 is 0. The lowest BCUT2D eigenvalue weighted by Crippen LogP contribution is -2.57. The number of aryl methyl sites for hydroxylation is 2. The summed E-state index contributed by atoms with van der Waals surface area (Å²) in [7, 11) is 0. The maximum Gasteiger partial charge on any atom is 0.128 e. The van der Waals surface area contributed by atoms with E-state index in [9.17, 15) is 20.4 Å². The highest BCUT2D eigenvalue weighted by atomic mass is 16.3. The molecule has 0 spiro atoms. The van der Waals surface area contributed by atoms with Crippen molar-refractivity contribution in [2.75, 3.05) is 19.8 Å². The topological polar surface area (TPSA) is 80.9 Å². The van der Waals surface area contributed by atoms with Gasteiger partial charge in [-0.1, -0.05) is 107 Å². The predicted octanol–water partition coefficient (Wildman–Crippen LogP) is 6.69. The van der Waals surface area contributed by atoms with Gasteiger partial charge in [-0.25, -0.2) is 0 Å². The van der Waals surface area contributed by atoms with E-state index in [0.29, 0.717) is 11.1 Å². The summed E-state index contributed by atoms with van der Waals surface area (Å²) in [5.41, 5.74) is 2.09. The molecule has 220 valence electrons. The van der Waals surface area contributed by atoms with Gasteiger partial charge in [-0.2, -0.15) is 0 Å². The van der Waals surface area contributed by atoms with Gasteiger partial charge in [0.1, 0.15) is 5.60 Å². The fourth-order valence-corrected chi connectivity index (χ4v) is 6.50. The smallest absolute Gasteiger partial charge is 0.128 e. The van der Waals surface area contributed by atoms with Crippen molar-refractivity contribution in [3.8, 4) is 0 Å². The van der Waals surface area contributed by atoms with Gasteiger partial charge >= 0.3 is 0 Å². The van der Waals surface area contributed by atoms with Crippen LogP contribution in [-0.4, -0.2) is 40.2 Å². The number of benzene rings is 2. The molecule has 4 N–H and O–H groups in total. The van der Waals surface area contributed by atoms with Gasteiger partial charge in [-0.15, -0.1) is 0 Å². The molecule has 0 radical (unpaired) electrons. The number of rotatable bonds is 6. The highest BCUT2D eigenvalue weighted by Crippen LogP contribution is 2.56. The van der Waals surface area contributed by atoms with Crippen molar-refractivity contribution in [2.24, 2.45) is 5.41 Å².